The van der Waals surface area contributed by atoms with Crippen molar-refractivity contribution in [3.05, 3.63) is 36.0 Å². The van der Waals surface area contributed by atoms with Crippen molar-refractivity contribution >= 4 is 52.2 Å². The number of fused-ring (bicyclic) bond motifs is 2. The van der Waals surface area contributed by atoms with E-state index in [2.05, 4.69) is 26.3 Å². The molecule has 1 aliphatic carbocycles. The molecule has 0 radical (unpaired) electrons. The Bertz CT molecular complexity index is 1860. The van der Waals surface area contributed by atoms with Crippen LogP contribution in [0.1, 0.15) is 116 Å². The van der Waals surface area contributed by atoms with Gasteiger partial charge in [0.1, 0.15) is 5.60 Å². The number of rotatable bonds is 9. The van der Waals surface area contributed by atoms with Gasteiger partial charge in [0, 0.05) is 69.4 Å². The maximum atomic E-state index is 14.7. The first-order valence-electron chi connectivity index (χ1n) is 22.1. The third-order valence-corrected chi connectivity index (χ3v) is 12.3. The van der Waals surface area contributed by atoms with Gasteiger partial charge < -0.3 is 36.6 Å². The lowest BCUT2D eigenvalue weighted by Gasteiger charge is -2.31. The number of ether oxygens (including phenoxy) is 1. The van der Waals surface area contributed by atoms with Crippen LogP contribution in [0.25, 0.3) is 10.9 Å². The van der Waals surface area contributed by atoms with Crippen LogP contribution >= 0.6 is 0 Å². The highest BCUT2D eigenvalue weighted by molar-refractivity contribution is 5.97. The number of nitrogens with zero attached hydrogens (tertiary/aromatic N) is 3. The van der Waals surface area contributed by atoms with Gasteiger partial charge >= 0.3 is 6.09 Å². The molecule has 3 amide bonds. The Balaban J connectivity index is 1.52. The van der Waals surface area contributed by atoms with Gasteiger partial charge in [-0.05, 0) is 90.3 Å². The summed E-state index contributed by atoms with van der Waals surface area (Å²) in [5.41, 5.74) is 6.34. The first-order valence-corrected chi connectivity index (χ1v) is 22.1. The SMILES string of the molecule is CN=C(N)NCCC[C@@H]1CC(=O)[C@H](Cc2cn(C(=O)OC(C)(C)C)c3ccccc23)NC(=O)[C@@H](CC2CCCCC2)CC(=O)[C@@H]2CCCN2C(=O)[C@@H](NC)CCCNC1=O. The van der Waals surface area contributed by atoms with Gasteiger partial charge in [0.15, 0.2) is 17.5 Å². The van der Waals surface area contributed by atoms with Crippen molar-refractivity contribution in [1.29, 1.82) is 0 Å². The molecule has 15 nitrogen and oxygen atoms in total. The van der Waals surface area contributed by atoms with E-state index in [0.29, 0.717) is 69.1 Å². The molecule has 5 atom stereocenters. The molecular weight excluding hydrogens is 765 g/mol. The molecule has 1 saturated carbocycles. The largest absolute Gasteiger partial charge is 0.443 e. The molecule has 2 saturated heterocycles. The van der Waals surface area contributed by atoms with Crippen LogP contribution in [-0.4, -0.2) is 108 Å². The van der Waals surface area contributed by atoms with Gasteiger partial charge in [-0.15, -0.1) is 0 Å². The number of carbonyl (C=O) groups excluding carboxylic acids is 6. The molecule has 60 heavy (non-hydrogen) atoms. The summed E-state index contributed by atoms with van der Waals surface area (Å²) in [6.45, 7) is 6.56. The van der Waals surface area contributed by atoms with E-state index in [1.165, 1.54) is 4.57 Å². The summed E-state index contributed by atoms with van der Waals surface area (Å²) in [5, 5.41) is 13.0. The number of carbonyl (C=O) groups is 6. The van der Waals surface area contributed by atoms with E-state index in [-0.39, 0.29) is 61.1 Å². The Labute approximate surface area is 354 Å². The number of nitrogens with one attached hydrogen (secondary N) is 4. The summed E-state index contributed by atoms with van der Waals surface area (Å²) in [6, 6.07) is 5.10. The molecule has 1 aromatic carbocycles. The number of benzene rings is 1. The second kappa shape index (κ2) is 21.6. The first kappa shape index (κ1) is 46.3. The van der Waals surface area contributed by atoms with Crippen molar-refractivity contribution in [1.82, 2.24) is 30.7 Å². The van der Waals surface area contributed by atoms with Crippen LogP contribution in [0.15, 0.2) is 35.5 Å². The Kier molecular flexibility index (Phi) is 16.7. The van der Waals surface area contributed by atoms with E-state index in [1.807, 2.05) is 18.2 Å². The minimum atomic E-state index is -1.07. The van der Waals surface area contributed by atoms with Crippen LogP contribution in [0.2, 0.25) is 0 Å². The average Bonchev–Trinajstić information content (AvgIpc) is 3.86. The zero-order valence-corrected chi connectivity index (χ0v) is 36.4. The summed E-state index contributed by atoms with van der Waals surface area (Å²) in [5.74, 6) is -2.22. The van der Waals surface area contributed by atoms with Gasteiger partial charge in [0.2, 0.25) is 17.7 Å². The summed E-state index contributed by atoms with van der Waals surface area (Å²) < 4.78 is 7.15. The fourth-order valence-electron chi connectivity index (χ4n) is 9.09. The van der Waals surface area contributed by atoms with Crippen molar-refractivity contribution < 1.29 is 33.5 Å². The summed E-state index contributed by atoms with van der Waals surface area (Å²) in [6.07, 6.45) is 9.65. The number of likely N-dealkylation sites (N-methyl/N-ethyl adjacent to an activating group) is 1. The number of guanidine groups is 1. The highest BCUT2D eigenvalue weighted by Gasteiger charge is 2.39. The molecule has 1 aromatic heterocycles. The lowest BCUT2D eigenvalue weighted by Crippen LogP contribution is -2.51. The van der Waals surface area contributed by atoms with E-state index in [4.69, 9.17) is 10.5 Å². The number of amides is 3. The number of aliphatic imine (C=N–C) groups is 1. The Morgan fingerprint density at radius 2 is 1.67 bits per heavy atom. The number of ketones is 2. The van der Waals surface area contributed by atoms with Crippen molar-refractivity contribution in [2.24, 2.45) is 28.5 Å². The van der Waals surface area contributed by atoms with Gasteiger partial charge in [-0.1, -0.05) is 50.3 Å². The number of para-hydroxylation sites is 1. The molecule has 2 aromatic rings. The molecule has 5 rings (SSSR count). The smallest absolute Gasteiger partial charge is 0.419 e. The molecule has 6 N–H and O–H groups in total. The third-order valence-electron chi connectivity index (χ3n) is 12.3. The van der Waals surface area contributed by atoms with Gasteiger partial charge in [0.25, 0.3) is 0 Å². The molecule has 0 unspecified atom stereocenters. The van der Waals surface area contributed by atoms with E-state index in [0.717, 1.165) is 37.5 Å². The number of Topliss-reactive ketones (excluding diaryl/α,β-unsaturated/α-hetero) is 2. The summed E-state index contributed by atoms with van der Waals surface area (Å²) >= 11 is 0. The molecule has 2 aliphatic heterocycles. The van der Waals surface area contributed by atoms with Crippen LogP contribution < -0.4 is 27.0 Å². The first-order chi connectivity index (χ1) is 28.7. The van der Waals surface area contributed by atoms with Crippen molar-refractivity contribution in [3.63, 3.8) is 0 Å². The maximum Gasteiger partial charge on any atom is 0.419 e. The topological polar surface area (TPSA) is 206 Å². The van der Waals surface area contributed by atoms with Gasteiger partial charge in [-0.2, -0.15) is 0 Å². The molecule has 0 bridgehead atoms. The number of aromatic nitrogens is 1. The Morgan fingerprint density at radius 3 is 2.38 bits per heavy atom. The molecule has 330 valence electrons. The predicted molar refractivity (Wildman–Crippen MR) is 231 cm³/mol. The second-order valence-electron chi connectivity index (χ2n) is 17.9. The second-order valence-corrected chi connectivity index (χ2v) is 17.9. The quantitative estimate of drug-likeness (QED) is 0.137. The van der Waals surface area contributed by atoms with Crippen molar-refractivity contribution in [2.45, 2.75) is 141 Å². The van der Waals surface area contributed by atoms with Crippen LogP contribution in [0, 0.1) is 17.8 Å². The Hall–Kier alpha value is -4.79. The standard InChI is InChI=1S/C45H68N8O7/c1-45(2,3)60-44(59)53-28-32(33-17-9-10-19-36(33)53)25-35-38(54)26-30(16-11-22-50-43(46)48-5)40(56)49-21-12-18-34(47-4)42(58)52-23-13-20-37(52)39(55)27-31(41(57)51-35)24-29-14-7-6-8-15-29/h9-10,17,19,28-31,34-35,37,47H,6-8,11-16,18,20-27H2,1-5H3,(H,49,56)(H,51,57)(H3,46,48,50)/t30-,31+,34+,35+,37+/m1/s1. The van der Waals surface area contributed by atoms with E-state index in [9.17, 15) is 28.8 Å². The normalized spacial score (nSPS) is 25.0. The fourth-order valence-corrected chi connectivity index (χ4v) is 9.09. The van der Waals surface area contributed by atoms with E-state index < -0.39 is 47.6 Å². The van der Waals surface area contributed by atoms with E-state index in [1.54, 1.807) is 52.0 Å². The van der Waals surface area contributed by atoms with Crippen molar-refractivity contribution in [3.8, 4) is 0 Å². The lowest BCUT2D eigenvalue weighted by molar-refractivity contribution is -0.140. The highest BCUT2D eigenvalue weighted by atomic mass is 16.6. The summed E-state index contributed by atoms with van der Waals surface area (Å²) in [7, 11) is 3.30. The fraction of sp³-hybridized carbons (Fsp3) is 0.667. The average molecular weight is 833 g/mol. The molecule has 3 heterocycles. The Morgan fingerprint density at radius 1 is 0.933 bits per heavy atom. The molecule has 15 heteroatoms. The van der Waals surface area contributed by atoms with E-state index >= 15 is 0 Å². The zero-order valence-electron chi connectivity index (χ0n) is 36.4. The van der Waals surface area contributed by atoms with Crippen LogP contribution in [0.5, 0.6) is 0 Å². The zero-order chi connectivity index (χ0) is 43.4. The number of hydrogen-bond donors (Lipinski definition) is 5. The minimum absolute atomic E-state index is 0.0396. The third kappa shape index (κ3) is 12.6. The molecule has 3 aliphatic rings. The molecule has 3 fully saturated rings. The molecular formula is C45H68N8O7. The highest BCUT2D eigenvalue weighted by Crippen LogP contribution is 2.33. The van der Waals surface area contributed by atoms with Crippen LogP contribution in [0.3, 0.4) is 0 Å². The van der Waals surface area contributed by atoms with Crippen LogP contribution in [-0.2, 0) is 35.1 Å². The summed E-state index contributed by atoms with van der Waals surface area (Å²) in [4.78, 5) is 90.6. The lowest BCUT2D eigenvalue weighted by atomic mass is 9.80. The number of hydrogen-bond acceptors (Lipinski definition) is 9. The van der Waals surface area contributed by atoms with Crippen molar-refractivity contribution in [2.75, 3.05) is 33.7 Å². The van der Waals surface area contributed by atoms with Gasteiger partial charge in [0.05, 0.1) is 23.6 Å². The minimum Gasteiger partial charge on any atom is -0.443 e. The number of nitrogens with two attached hydrogens (primary N) is 1. The predicted octanol–water partition coefficient (Wildman–Crippen LogP) is 4.38. The van der Waals surface area contributed by atoms with Gasteiger partial charge in [-0.25, -0.2) is 4.79 Å². The van der Waals surface area contributed by atoms with Gasteiger partial charge in [-0.3, -0.25) is 33.5 Å². The molecule has 0 spiro atoms. The monoisotopic (exact) mass is 833 g/mol. The van der Waals surface area contributed by atoms with Crippen LogP contribution in [0.4, 0.5) is 4.79 Å². The maximum absolute atomic E-state index is 14.7.